The lowest BCUT2D eigenvalue weighted by molar-refractivity contribution is 1.78. The molecule has 0 bridgehead atoms. The maximum absolute atomic E-state index is 2.34. The highest BCUT2D eigenvalue weighted by Crippen LogP contribution is 2.09. The van der Waals surface area contributed by atoms with Crippen molar-refractivity contribution in [1.29, 1.82) is 0 Å². The molecule has 0 fully saturated rings. The molecule has 64 valence electrons. The first-order chi connectivity index (χ1) is 5.92. The lowest BCUT2D eigenvalue weighted by atomic mass is 10.1. The van der Waals surface area contributed by atoms with Crippen molar-refractivity contribution in [1.82, 2.24) is 0 Å². The molecule has 0 amide bonds. The monoisotopic (exact) mass is 246 g/mol. The molecule has 0 saturated heterocycles. The standard InChI is InChI=1S/C10H7.CH3.BrH.Mg/c1-2-6-10-8-4-3-7-9(10)5-1;;;/h1-7H;1H3;1H;. The van der Waals surface area contributed by atoms with Gasteiger partial charge in [0.1, 0.15) is 0 Å². The Morgan fingerprint density at radius 1 is 0.923 bits per heavy atom. The van der Waals surface area contributed by atoms with Gasteiger partial charge in [0, 0.05) is 0 Å². The Kier molecular flexibility index (Phi) is 4.23. The van der Waals surface area contributed by atoms with Crippen molar-refractivity contribution in [2.24, 2.45) is 0 Å². The molecule has 0 unspecified atom stereocenters. The van der Waals surface area contributed by atoms with Gasteiger partial charge in [-0.2, -0.15) is 3.69 Å². The van der Waals surface area contributed by atoms with Gasteiger partial charge in [-0.3, -0.25) is 0 Å². The molecule has 0 aliphatic rings. The van der Waals surface area contributed by atoms with E-state index in [1.807, 2.05) is 0 Å². The van der Waals surface area contributed by atoms with E-state index in [2.05, 4.69) is 47.5 Å². The SMILES string of the molecule is Br.[CH3][Mg][c]1cccc2ccccc12. The average molecular weight is 247 g/mol. The lowest BCUT2D eigenvalue weighted by Gasteiger charge is -2.02. The summed E-state index contributed by atoms with van der Waals surface area (Å²) in [5.74, 6) is 0. The van der Waals surface area contributed by atoms with Gasteiger partial charge in [-0.05, 0) is 10.8 Å². The largest absolute Gasteiger partial charge is 0.405 e. The predicted octanol–water partition coefficient (Wildman–Crippen LogP) is 2.80. The summed E-state index contributed by atoms with van der Waals surface area (Å²) in [4.78, 5) is 0. The zero-order chi connectivity index (χ0) is 8.39. The van der Waals surface area contributed by atoms with E-state index in [0.29, 0.717) is 0 Å². The second kappa shape index (κ2) is 4.98. The van der Waals surface area contributed by atoms with E-state index in [1.165, 1.54) is 10.8 Å². The summed E-state index contributed by atoms with van der Waals surface area (Å²) in [5, 5.41) is 5.17. The van der Waals surface area contributed by atoms with Gasteiger partial charge in [-0.15, -0.1) is 22.0 Å². The molecule has 0 atom stereocenters. The minimum Gasteiger partial charge on any atom is -0.167 e. The molecular formula is C11H11BrMg. The third kappa shape index (κ3) is 2.24. The molecule has 2 aromatic carbocycles. The van der Waals surface area contributed by atoms with Crippen LogP contribution in [0, 0.1) is 0 Å². The molecule has 0 aliphatic heterocycles. The topological polar surface area (TPSA) is 0 Å². The highest BCUT2D eigenvalue weighted by molar-refractivity contribution is 8.93. The molecule has 0 aromatic heterocycles. The molecule has 0 saturated carbocycles. The first-order valence-corrected chi connectivity index (χ1v) is 6.50. The smallest absolute Gasteiger partial charge is 0.167 e. The summed E-state index contributed by atoms with van der Waals surface area (Å²) in [6, 6.07) is 15.2. The van der Waals surface area contributed by atoms with Crippen LogP contribution in [0.2, 0.25) is 5.05 Å². The van der Waals surface area contributed by atoms with Crippen LogP contribution in [0.5, 0.6) is 0 Å². The molecule has 0 N–H and O–H groups in total. The average Bonchev–Trinajstić information content (AvgIpc) is 2.17. The van der Waals surface area contributed by atoms with E-state index in [4.69, 9.17) is 0 Å². The van der Waals surface area contributed by atoms with Crippen LogP contribution in [0.3, 0.4) is 0 Å². The first-order valence-electron chi connectivity index (χ1n) is 4.38. The Morgan fingerprint density at radius 2 is 1.62 bits per heavy atom. The van der Waals surface area contributed by atoms with Crippen LogP contribution in [0.15, 0.2) is 42.5 Å². The van der Waals surface area contributed by atoms with E-state index in [0.717, 1.165) is 0 Å². The van der Waals surface area contributed by atoms with Crippen LogP contribution in [0.4, 0.5) is 0 Å². The second-order valence-corrected chi connectivity index (χ2v) is 4.46. The number of fused-ring (bicyclic) bond motifs is 1. The summed E-state index contributed by atoms with van der Waals surface area (Å²) in [6.07, 6.45) is 0. The van der Waals surface area contributed by atoms with Crippen LogP contribution in [-0.2, 0) is 0 Å². The lowest BCUT2D eigenvalue weighted by Crippen LogP contribution is -2.10. The number of benzene rings is 2. The molecule has 2 aromatic rings. The van der Waals surface area contributed by atoms with Crippen molar-refractivity contribution in [3.63, 3.8) is 0 Å². The minimum atomic E-state index is -0.0306. The highest BCUT2D eigenvalue weighted by atomic mass is 79.9. The Hall–Kier alpha value is -0.0538. The second-order valence-electron chi connectivity index (χ2n) is 2.99. The van der Waals surface area contributed by atoms with E-state index in [9.17, 15) is 0 Å². The van der Waals surface area contributed by atoms with Gasteiger partial charge in [-0.25, -0.2) is 0 Å². The zero-order valence-corrected chi connectivity index (χ0v) is 10.8. The van der Waals surface area contributed by atoms with Gasteiger partial charge >= 0.3 is 20.4 Å². The van der Waals surface area contributed by atoms with Crippen molar-refractivity contribution >= 4 is 51.8 Å². The van der Waals surface area contributed by atoms with Gasteiger partial charge in [-0.1, -0.05) is 42.5 Å². The Balaban J connectivity index is 0.000000845. The van der Waals surface area contributed by atoms with E-state index in [1.54, 1.807) is 3.69 Å². The third-order valence-electron chi connectivity index (χ3n) is 2.26. The number of rotatable bonds is 1. The highest BCUT2D eigenvalue weighted by Gasteiger charge is 1.97. The van der Waals surface area contributed by atoms with Crippen LogP contribution in [-0.4, -0.2) is 20.4 Å². The van der Waals surface area contributed by atoms with Gasteiger partial charge in [0.25, 0.3) is 0 Å². The summed E-state index contributed by atoms with van der Waals surface area (Å²) >= 11 is -0.0306. The minimum absolute atomic E-state index is 0. The molecule has 2 heteroatoms. The maximum atomic E-state index is 2.34. The van der Waals surface area contributed by atoms with Gasteiger partial charge in [0.2, 0.25) is 0 Å². The Bertz CT molecular complexity index is 393. The van der Waals surface area contributed by atoms with Crippen LogP contribution in [0.25, 0.3) is 10.8 Å². The first kappa shape index (κ1) is 11.0. The zero-order valence-electron chi connectivity index (χ0n) is 7.66. The molecule has 0 spiro atoms. The normalized spacial score (nSPS) is 9.00. The van der Waals surface area contributed by atoms with Crippen LogP contribution >= 0.6 is 17.0 Å². The van der Waals surface area contributed by atoms with E-state index >= 15 is 0 Å². The van der Waals surface area contributed by atoms with Crippen LogP contribution < -0.4 is 3.69 Å². The number of hydrogen-bond acceptors (Lipinski definition) is 0. The molecule has 2 rings (SSSR count). The summed E-state index contributed by atoms with van der Waals surface area (Å²) in [5.41, 5.74) is 0. The molecular weight excluding hydrogens is 236 g/mol. The molecule has 0 aliphatic carbocycles. The number of hydrogen-bond donors (Lipinski definition) is 0. The molecule has 13 heavy (non-hydrogen) atoms. The van der Waals surface area contributed by atoms with E-state index in [-0.39, 0.29) is 37.3 Å². The fourth-order valence-corrected chi connectivity index (χ4v) is 2.68. The van der Waals surface area contributed by atoms with E-state index < -0.39 is 0 Å². The van der Waals surface area contributed by atoms with Crippen molar-refractivity contribution in [3.8, 4) is 0 Å². The fraction of sp³-hybridized carbons (Fsp3) is 0.0909. The quantitative estimate of drug-likeness (QED) is 0.680. The van der Waals surface area contributed by atoms with Gasteiger partial charge < -0.3 is 0 Å². The Morgan fingerprint density at radius 3 is 2.38 bits per heavy atom. The summed E-state index contributed by atoms with van der Waals surface area (Å²) in [6.45, 7) is 0. The van der Waals surface area contributed by atoms with Crippen molar-refractivity contribution in [2.45, 2.75) is 5.05 Å². The number of halogens is 1. The third-order valence-corrected chi connectivity index (χ3v) is 3.64. The van der Waals surface area contributed by atoms with Crippen molar-refractivity contribution in [2.75, 3.05) is 0 Å². The summed E-state index contributed by atoms with van der Waals surface area (Å²) in [7, 11) is 0. The van der Waals surface area contributed by atoms with Gasteiger partial charge in [0.05, 0.1) is 0 Å². The predicted molar refractivity (Wildman–Crippen MR) is 65.5 cm³/mol. The van der Waals surface area contributed by atoms with Crippen molar-refractivity contribution in [3.05, 3.63) is 42.5 Å². The van der Waals surface area contributed by atoms with Crippen molar-refractivity contribution < 1.29 is 0 Å². The molecule has 0 radical (unpaired) electrons. The maximum Gasteiger partial charge on any atom is 0.405 e. The van der Waals surface area contributed by atoms with Gasteiger partial charge in [0.15, 0.2) is 0 Å². The molecule has 0 heterocycles. The Labute approximate surface area is 98.8 Å². The molecule has 0 nitrogen and oxygen atoms in total. The fourth-order valence-electron chi connectivity index (χ4n) is 1.60. The van der Waals surface area contributed by atoms with Crippen LogP contribution in [0.1, 0.15) is 0 Å². The summed E-state index contributed by atoms with van der Waals surface area (Å²) < 4.78 is 1.58.